The number of nitrogens with one attached hydrogen (secondary N) is 2. The molecule has 0 unspecified atom stereocenters. The van der Waals surface area contributed by atoms with Crippen molar-refractivity contribution < 1.29 is 17.9 Å². The first kappa shape index (κ1) is 20.8. The van der Waals surface area contributed by atoms with E-state index >= 15 is 0 Å². The SMILES string of the molecule is COc1cc(C)c(C)cc1S(=O)(=O)NCCNC(=O)c1cccc2ccccc12. The predicted octanol–water partition coefficient (Wildman–Crippen LogP) is 3.17. The summed E-state index contributed by atoms with van der Waals surface area (Å²) in [6, 6.07) is 16.4. The van der Waals surface area contributed by atoms with Crippen LogP contribution in [0.15, 0.2) is 59.5 Å². The summed E-state index contributed by atoms with van der Waals surface area (Å²) in [6.07, 6.45) is 0. The summed E-state index contributed by atoms with van der Waals surface area (Å²) in [7, 11) is -2.33. The molecule has 0 saturated carbocycles. The third-order valence-electron chi connectivity index (χ3n) is 4.81. The molecule has 0 atom stereocenters. The van der Waals surface area contributed by atoms with Crippen molar-refractivity contribution in [3.63, 3.8) is 0 Å². The molecule has 0 aliphatic heterocycles. The number of hydrogen-bond donors (Lipinski definition) is 2. The topological polar surface area (TPSA) is 84.5 Å². The number of fused-ring (bicyclic) bond motifs is 1. The van der Waals surface area contributed by atoms with Crippen molar-refractivity contribution in [2.45, 2.75) is 18.7 Å². The largest absolute Gasteiger partial charge is 0.495 e. The minimum Gasteiger partial charge on any atom is -0.495 e. The molecular formula is C22H24N2O4S. The molecule has 3 aromatic carbocycles. The van der Waals surface area contributed by atoms with E-state index in [1.807, 2.05) is 50.2 Å². The Morgan fingerprint density at radius 1 is 0.966 bits per heavy atom. The third kappa shape index (κ3) is 4.58. The molecule has 2 N–H and O–H groups in total. The average Bonchev–Trinajstić information content (AvgIpc) is 2.72. The van der Waals surface area contributed by atoms with E-state index in [0.717, 1.165) is 21.9 Å². The lowest BCUT2D eigenvalue weighted by molar-refractivity contribution is 0.0956. The number of carbonyl (C=O) groups excluding carboxylic acids is 1. The Labute approximate surface area is 170 Å². The second-order valence-electron chi connectivity index (χ2n) is 6.77. The van der Waals surface area contributed by atoms with Crippen LogP contribution in [0.4, 0.5) is 0 Å². The van der Waals surface area contributed by atoms with Crippen molar-refractivity contribution in [1.29, 1.82) is 0 Å². The van der Waals surface area contributed by atoms with Gasteiger partial charge in [-0.3, -0.25) is 4.79 Å². The highest BCUT2D eigenvalue weighted by Crippen LogP contribution is 2.27. The number of methoxy groups -OCH3 is 1. The van der Waals surface area contributed by atoms with Crippen molar-refractivity contribution >= 4 is 26.7 Å². The first-order chi connectivity index (χ1) is 13.8. The number of rotatable bonds is 7. The first-order valence-electron chi connectivity index (χ1n) is 9.24. The van der Waals surface area contributed by atoms with E-state index in [1.165, 1.54) is 7.11 Å². The van der Waals surface area contributed by atoms with Crippen LogP contribution in [0.5, 0.6) is 5.75 Å². The highest BCUT2D eigenvalue weighted by Gasteiger charge is 2.20. The molecule has 152 valence electrons. The summed E-state index contributed by atoms with van der Waals surface area (Å²) in [5.41, 5.74) is 2.36. The van der Waals surface area contributed by atoms with E-state index in [-0.39, 0.29) is 23.9 Å². The molecule has 0 aliphatic rings. The van der Waals surface area contributed by atoms with Gasteiger partial charge in [0.25, 0.3) is 5.91 Å². The van der Waals surface area contributed by atoms with Crippen molar-refractivity contribution in [2.75, 3.05) is 20.2 Å². The van der Waals surface area contributed by atoms with Gasteiger partial charge >= 0.3 is 0 Å². The Morgan fingerprint density at radius 2 is 1.66 bits per heavy atom. The Hall–Kier alpha value is -2.90. The molecule has 0 fully saturated rings. The zero-order valence-electron chi connectivity index (χ0n) is 16.7. The molecule has 1 amide bonds. The smallest absolute Gasteiger partial charge is 0.251 e. The standard InChI is InChI=1S/C22H24N2O4S/c1-15-13-20(28-3)21(14-16(15)2)29(26,27)24-12-11-23-22(25)19-10-6-8-17-7-4-5-9-18(17)19/h4-10,13-14,24H,11-12H2,1-3H3,(H,23,25). The van der Waals surface area contributed by atoms with Gasteiger partial charge in [0.05, 0.1) is 7.11 Å². The molecule has 7 heteroatoms. The molecule has 0 aliphatic carbocycles. The van der Waals surface area contributed by atoms with Crippen LogP contribution in [0.2, 0.25) is 0 Å². The molecule has 0 heterocycles. The van der Waals surface area contributed by atoms with Crippen LogP contribution in [0.1, 0.15) is 21.5 Å². The fourth-order valence-electron chi connectivity index (χ4n) is 3.09. The van der Waals surface area contributed by atoms with Gasteiger partial charge in [0.2, 0.25) is 10.0 Å². The van der Waals surface area contributed by atoms with E-state index in [0.29, 0.717) is 11.3 Å². The number of ether oxygens (including phenoxy) is 1. The second kappa shape index (κ2) is 8.63. The van der Waals surface area contributed by atoms with Crippen molar-refractivity contribution in [3.05, 3.63) is 71.3 Å². The van der Waals surface area contributed by atoms with Gasteiger partial charge in [0.1, 0.15) is 10.6 Å². The summed E-state index contributed by atoms with van der Waals surface area (Å²) in [6.45, 7) is 3.96. The van der Waals surface area contributed by atoms with Crippen molar-refractivity contribution in [2.24, 2.45) is 0 Å². The summed E-state index contributed by atoms with van der Waals surface area (Å²) in [5, 5.41) is 4.60. The molecule has 0 bridgehead atoms. The number of carbonyl (C=O) groups is 1. The van der Waals surface area contributed by atoms with Gasteiger partial charge in [-0.1, -0.05) is 36.4 Å². The molecule has 3 rings (SSSR count). The summed E-state index contributed by atoms with van der Waals surface area (Å²) in [4.78, 5) is 12.6. The van der Waals surface area contributed by atoms with Crippen LogP contribution in [0.3, 0.4) is 0 Å². The molecule has 3 aromatic rings. The lowest BCUT2D eigenvalue weighted by Gasteiger charge is -2.13. The van der Waals surface area contributed by atoms with E-state index in [4.69, 9.17) is 4.74 Å². The molecule has 6 nitrogen and oxygen atoms in total. The summed E-state index contributed by atoms with van der Waals surface area (Å²) >= 11 is 0. The van der Waals surface area contributed by atoms with Crippen LogP contribution in [0.25, 0.3) is 10.8 Å². The van der Waals surface area contributed by atoms with Gasteiger partial charge < -0.3 is 10.1 Å². The minimum atomic E-state index is -3.77. The van der Waals surface area contributed by atoms with Gasteiger partial charge in [-0.25, -0.2) is 13.1 Å². The maximum atomic E-state index is 12.7. The van der Waals surface area contributed by atoms with Crippen LogP contribution in [-0.4, -0.2) is 34.5 Å². The van der Waals surface area contributed by atoms with Crippen LogP contribution >= 0.6 is 0 Å². The van der Waals surface area contributed by atoms with Gasteiger partial charge in [0, 0.05) is 18.7 Å². The molecule has 0 saturated heterocycles. The van der Waals surface area contributed by atoms with Gasteiger partial charge in [-0.2, -0.15) is 0 Å². The van der Waals surface area contributed by atoms with Gasteiger partial charge in [-0.05, 0) is 53.9 Å². The fraction of sp³-hybridized carbons (Fsp3) is 0.227. The minimum absolute atomic E-state index is 0.0644. The van der Waals surface area contributed by atoms with E-state index in [1.54, 1.807) is 18.2 Å². The average molecular weight is 413 g/mol. The predicted molar refractivity (Wildman–Crippen MR) is 114 cm³/mol. The summed E-state index contributed by atoms with van der Waals surface area (Å²) < 4.78 is 33.1. The maximum Gasteiger partial charge on any atom is 0.251 e. The Kier molecular flexibility index (Phi) is 6.20. The van der Waals surface area contributed by atoms with Crippen molar-refractivity contribution in [3.8, 4) is 5.75 Å². The number of benzene rings is 3. The van der Waals surface area contributed by atoms with Crippen LogP contribution in [0, 0.1) is 13.8 Å². The quantitative estimate of drug-likeness (QED) is 0.584. The number of sulfonamides is 1. The normalized spacial score (nSPS) is 11.4. The lowest BCUT2D eigenvalue weighted by atomic mass is 10.0. The fourth-order valence-corrected chi connectivity index (χ4v) is 4.36. The zero-order valence-corrected chi connectivity index (χ0v) is 17.5. The van der Waals surface area contributed by atoms with Crippen molar-refractivity contribution in [1.82, 2.24) is 10.0 Å². The number of hydrogen-bond acceptors (Lipinski definition) is 4. The molecular weight excluding hydrogens is 388 g/mol. The van der Waals surface area contributed by atoms with Gasteiger partial charge in [-0.15, -0.1) is 0 Å². The Balaban J connectivity index is 1.65. The maximum absolute atomic E-state index is 12.7. The highest BCUT2D eigenvalue weighted by molar-refractivity contribution is 7.89. The third-order valence-corrected chi connectivity index (χ3v) is 6.29. The Bertz CT molecular complexity index is 1150. The summed E-state index contributed by atoms with van der Waals surface area (Å²) in [5.74, 6) is 0.0464. The second-order valence-corrected chi connectivity index (χ2v) is 8.50. The first-order valence-corrected chi connectivity index (χ1v) is 10.7. The van der Waals surface area contributed by atoms with Crippen LogP contribution in [-0.2, 0) is 10.0 Å². The molecule has 29 heavy (non-hydrogen) atoms. The van der Waals surface area contributed by atoms with Gasteiger partial charge in [0.15, 0.2) is 0 Å². The van der Waals surface area contributed by atoms with Crippen LogP contribution < -0.4 is 14.8 Å². The number of amides is 1. The molecule has 0 spiro atoms. The molecule has 0 aromatic heterocycles. The lowest BCUT2D eigenvalue weighted by Crippen LogP contribution is -2.35. The highest BCUT2D eigenvalue weighted by atomic mass is 32.2. The zero-order chi connectivity index (χ0) is 21.0. The number of aryl methyl sites for hydroxylation is 2. The monoisotopic (exact) mass is 412 g/mol. The van der Waals surface area contributed by atoms with E-state index in [9.17, 15) is 13.2 Å². The molecule has 0 radical (unpaired) electrons. The van der Waals surface area contributed by atoms with E-state index < -0.39 is 10.0 Å². The van der Waals surface area contributed by atoms with E-state index in [2.05, 4.69) is 10.0 Å². The Morgan fingerprint density at radius 3 is 2.41 bits per heavy atom.